The smallest absolute Gasteiger partial charge is 0.332 e. The minimum absolute atomic E-state index is 0.152. The van der Waals surface area contributed by atoms with Crippen molar-refractivity contribution in [2.75, 3.05) is 12.8 Å². The number of fused-ring (bicyclic) bond motifs is 1. The van der Waals surface area contributed by atoms with Gasteiger partial charge in [-0.15, -0.1) is 0 Å². The van der Waals surface area contributed by atoms with E-state index in [-0.39, 0.29) is 17.6 Å². The van der Waals surface area contributed by atoms with E-state index in [0.717, 1.165) is 30.3 Å². The Kier molecular flexibility index (Phi) is 4.94. The summed E-state index contributed by atoms with van der Waals surface area (Å²) in [5, 5.41) is 3.31. The molecule has 0 unspecified atom stereocenters. The van der Waals surface area contributed by atoms with Gasteiger partial charge >= 0.3 is 5.69 Å². The number of hydrogen-bond donors (Lipinski definition) is 1. The van der Waals surface area contributed by atoms with Crippen molar-refractivity contribution in [1.82, 2.24) is 24.4 Å². The molecule has 1 fully saturated rings. The Morgan fingerprint density at radius 2 is 1.88 bits per heavy atom. The SMILES string of the molecule is CNC(=O)CSc1nc(C2CCCC2)nc2c1c(=O)n(C)c(=O)n2C. The maximum Gasteiger partial charge on any atom is 0.332 e. The van der Waals surface area contributed by atoms with Gasteiger partial charge in [0.25, 0.3) is 5.56 Å². The minimum atomic E-state index is -0.435. The van der Waals surface area contributed by atoms with Crippen LogP contribution >= 0.6 is 11.8 Å². The van der Waals surface area contributed by atoms with Crippen molar-refractivity contribution in [3.05, 3.63) is 26.7 Å². The van der Waals surface area contributed by atoms with Gasteiger partial charge in [-0.2, -0.15) is 0 Å². The molecule has 3 rings (SSSR count). The molecule has 2 aromatic heterocycles. The van der Waals surface area contributed by atoms with Crippen molar-refractivity contribution < 1.29 is 4.79 Å². The minimum Gasteiger partial charge on any atom is -0.358 e. The number of rotatable bonds is 4. The van der Waals surface area contributed by atoms with Crippen LogP contribution in [0.5, 0.6) is 0 Å². The van der Waals surface area contributed by atoms with Crippen LogP contribution in [0.15, 0.2) is 14.6 Å². The van der Waals surface area contributed by atoms with Crippen molar-refractivity contribution in [3.63, 3.8) is 0 Å². The number of aromatic nitrogens is 4. The van der Waals surface area contributed by atoms with Crippen LogP contribution in [0.25, 0.3) is 11.0 Å². The third-order valence-corrected chi connectivity index (χ3v) is 5.60. The molecular formula is C16H21N5O3S. The van der Waals surface area contributed by atoms with Crippen LogP contribution < -0.4 is 16.6 Å². The first-order chi connectivity index (χ1) is 11.9. The fraction of sp³-hybridized carbons (Fsp3) is 0.562. The number of amides is 1. The van der Waals surface area contributed by atoms with E-state index in [1.807, 2.05) is 0 Å². The van der Waals surface area contributed by atoms with E-state index in [2.05, 4.69) is 15.3 Å². The fourth-order valence-corrected chi connectivity index (χ4v) is 4.02. The molecule has 1 saturated carbocycles. The maximum atomic E-state index is 12.6. The molecule has 0 spiro atoms. The Morgan fingerprint density at radius 3 is 2.52 bits per heavy atom. The zero-order chi connectivity index (χ0) is 18.1. The molecule has 25 heavy (non-hydrogen) atoms. The quantitative estimate of drug-likeness (QED) is 0.628. The molecule has 9 heteroatoms. The van der Waals surface area contributed by atoms with Crippen LogP contribution in [0.4, 0.5) is 0 Å². The summed E-state index contributed by atoms with van der Waals surface area (Å²) in [4.78, 5) is 45.7. The average molecular weight is 363 g/mol. The molecule has 0 saturated heterocycles. The summed E-state index contributed by atoms with van der Waals surface area (Å²) < 4.78 is 2.42. The molecule has 0 aliphatic heterocycles. The third kappa shape index (κ3) is 3.20. The Labute approximate surface area is 148 Å². The van der Waals surface area contributed by atoms with Gasteiger partial charge in [0.15, 0.2) is 5.65 Å². The Bertz CT molecular complexity index is 943. The molecule has 1 amide bonds. The fourth-order valence-electron chi connectivity index (χ4n) is 3.12. The van der Waals surface area contributed by atoms with Crippen molar-refractivity contribution in [1.29, 1.82) is 0 Å². The van der Waals surface area contributed by atoms with Crippen LogP contribution in [0.2, 0.25) is 0 Å². The van der Waals surface area contributed by atoms with Crippen LogP contribution in [0, 0.1) is 0 Å². The lowest BCUT2D eigenvalue weighted by Gasteiger charge is -2.14. The van der Waals surface area contributed by atoms with Gasteiger partial charge in [-0.1, -0.05) is 24.6 Å². The Morgan fingerprint density at radius 1 is 1.20 bits per heavy atom. The number of nitrogens with zero attached hydrogens (tertiary/aromatic N) is 4. The van der Waals surface area contributed by atoms with Crippen LogP contribution in [0.1, 0.15) is 37.4 Å². The lowest BCUT2D eigenvalue weighted by Crippen LogP contribution is -2.38. The zero-order valence-electron chi connectivity index (χ0n) is 14.5. The second kappa shape index (κ2) is 6.99. The molecule has 1 aliphatic carbocycles. The highest BCUT2D eigenvalue weighted by atomic mass is 32.2. The topological polar surface area (TPSA) is 98.9 Å². The third-order valence-electron chi connectivity index (χ3n) is 4.62. The standard InChI is InChI=1S/C16H21N5O3S/c1-17-10(22)8-25-14-11-13(20(2)16(24)21(3)15(11)23)18-12(19-14)9-6-4-5-7-9/h9H,4-8H2,1-3H3,(H,17,22). The van der Waals surface area contributed by atoms with Gasteiger partial charge < -0.3 is 5.32 Å². The molecule has 2 aromatic rings. The molecule has 134 valence electrons. The highest BCUT2D eigenvalue weighted by Gasteiger charge is 2.24. The average Bonchev–Trinajstić information content (AvgIpc) is 3.16. The van der Waals surface area contributed by atoms with E-state index in [0.29, 0.717) is 21.9 Å². The Hall–Kier alpha value is -2.16. The number of carbonyl (C=O) groups is 1. The molecule has 0 radical (unpaired) electrons. The van der Waals surface area contributed by atoms with E-state index < -0.39 is 11.2 Å². The molecule has 0 atom stereocenters. The van der Waals surface area contributed by atoms with Crippen molar-refractivity contribution in [2.45, 2.75) is 36.6 Å². The van der Waals surface area contributed by atoms with E-state index in [1.54, 1.807) is 14.1 Å². The molecular weight excluding hydrogens is 342 g/mol. The molecule has 1 N–H and O–H groups in total. The first-order valence-electron chi connectivity index (χ1n) is 8.25. The van der Waals surface area contributed by atoms with Gasteiger partial charge in [-0.3, -0.25) is 18.7 Å². The maximum absolute atomic E-state index is 12.6. The van der Waals surface area contributed by atoms with Crippen molar-refractivity contribution >= 4 is 28.7 Å². The van der Waals surface area contributed by atoms with Crippen LogP contribution in [0.3, 0.4) is 0 Å². The van der Waals surface area contributed by atoms with Gasteiger partial charge in [0.2, 0.25) is 5.91 Å². The summed E-state index contributed by atoms with van der Waals surface area (Å²) in [5.74, 6) is 0.898. The van der Waals surface area contributed by atoms with Gasteiger partial charge in [0, 0.05) is 27.1 Å². The second-order valence-electron chi connectivity index (χ2n) is 6.23. The first kappa shape index (κ1) is 17.7. The summed E-state index contributed by atoms with van der Waals surface area (Å²) in [6, 6.07) is 0. The van der Waals surface area contributed by atoms with Crippen molar-refractivity contribution in [2.24, 2.45) is 14.1 Å². The van der Waals surface area contributed by atoms with E-state index in [9.17, 15) is 14.4 Å². The predicted molar refractivity (Wildman–Crippen MR) is 96.0 cm³/mol. The predicted octanol–water partition coefficient (Wildman–Crippen LogP) is 0.523. The lowest BCUT2D eigenvalue weighted by atomic mass is 10.1. The summed E-state index contributed by atoms with van der Waals surface area (Å²) in [6.07, 6.45) is 4.26. The summed E-state index contributed by atoms with van der Waals surface area (Å²) in [6.45, 7) is 0. The zero-order valence-corrected chi connectivity index (χ0v) is 15.4. The highest BCUT2D eigenvalue weighted by Crippen LogP contribution is 2.34. The van der Waals surface area contributed by atoms with Crippen LogP contribution in [-0.2, 0) is 18.9 Å². The molecule has 8 nitrogen and oxygen atoms in total. The number of aryl methyl sites for hydroxylation is 1. The largest absolute Gasteiger partial charge is 0.358 e. The Balaban J connectivity index is 2.23. The summed E-state index contributed by atoms with van der Waals surface area (Å²) in [5.41, 5.74) is -0.518. The summed E-state index contributed by atoms with van der Waals surface area (Å²) >= 11 is 1.20. The monoisotopic (exact) mass is 363 g/mol. The van der Waals surface area contributed by atoms with Gasteiger partial charge in [0.05, 0.1) is 5.75 Å². The second-order valence-corrected chi connectivity index (χ2v) is 7.20. The van der Waals surface area contributed by atoms with Gasteiger partial charge in [-0.05, 0) is 12.8 Å². The van der Waals surface area contributed by atoms with Crippen LogP contribution in [-0.4, -0.2) is 37.8 Å². The van der Waals surface area contributed by atoms with Gasteiger partial charge in [0.1, 0.15) is 16.2 Å². The molecule has 1 aliphatic rings. The molecule has 2 heterocycles. The summed E-state index contributed by atoms with van der Waals surface area (Å²) in [7, 11) is 4.60. The first-order valence-corrected chi connectivity index (χ1v) is 9.23. The highest BCUT2D eigenvalue weighted by molar-refractivity contribution is 8.00. The van der Waals surface area contributed by atoms with Crippen molar-refractivity contribution in [3.8, 4) is 0 Å². The number of carbonyl (C=O) groups excluding carboxylic acids is 1. The molecule has 0 aromatic carbocycles. The van der Waals surface area contributed by atoms with E-state index in [4.69, 9.17) is 0 Å². The lowest BCUT2D eigenvalue weighted by molar-refractivity contribution is -0.118. The van der Waals surface area contributed by atoms with E-state index in [1.165, 1.54) is 23.4 Å². The van der Waals surface area contributed by atoms with E-state index >= 15 is 0 Å². The number of nitrogens with one attached hydrogen (secondary N) is 1. The number of hydrogen-bond acceptors (Lipinski definition) is 6. The normalized spacial score (nSPS) is 15.0. The molecule has 0 bridgehead atoms. The number of thioether (sulfide) groups is 1. The van der Waals surface area contributed by atoms with Gasteiger partial charge in [-0.25, -0.2) is 14.8 Å².